The van der Waals surface area contributed by atoms with Crippen LogP contribution in [-0.4, -0.2) is 38.1 Å². The Morgan fingerprint density at radius 1 is 1.41 bits per heavy atom. The summed E-state index contributed by atoms with van der Waals surface area (Å²) in [6.45, 7) is 5.55. The lowest BCUT2D eigenvalue weighted by Crippen LogP contribution is -2.50. The van der Waals surface area contributed by atoms with E-state index >= 15 is 0 Å². The van der Waals surface area contributed by atoms with Crippen molar-refractivity contribution in [3.63, 3.8) is 0 Å². The van der Waals surface area contributed by atoms with Gasteiger partial charge in [0.15, 0.2) is 0 Å². The van der Waals surface area contributed by atoms with E-state index in [2.05, 4.69) is 12.2 Å². The van der Waals surface area contributed by atoms with Crippen molar-refractivity contribution in [2.75, 3.05) is 19.3 Å². The number of nitrogens with zero attached hydrogens (tertiary/aromatic N) is 1. The van der Waals surface area contributed by atoms with Crippen LogP contribution in [0.5, 0.6) is 0 Å². The van der Waals surface area contributed by atoms with Crippen LogP contribution in [0.25, 0.3) is 0 Å². The van der Waals surface area contributed by atoms with Gasteiger partial charge in [-0.1, -0.05) is 25.5 Å². The van der Waals surface area contributed by atoms with Gasteiger partial charge in [-0.2, -0.15) is 0 Å². The van der Waals surface area contributed by atoms with Crippen LogP contribution in [0.3, 0.4) is 0 Å². The van der Waals surface area contributed by atoms with E-state index in [9.17, 15) is 12.8 Å². The molecule has 1 aliphatic heterocycles. The Morgan fingerprint density at radius 2 is 2.14 bits per heavy atom. The number of halogens is 1. The van der Waals surface area contributed by atoms with E-state index in [1.807, 2.05) is 6.07 Å². The van der Waals surface area contributed by atoms with Gasteiger partial charge in [-0.3, -0.25) is 0 Å². The molecule has 2 rings (SSSR count). The smallest absolute Gasteiger partial charge is 0.211 e. The maximum atomic E-state index is 13.6. The average Bonchev–Trinajstić information content (AvgIpc) is 2.47. The van der Waals surface area contributed by atoms with E-state index in [4.69, 9.17) is 0 Å². The first-order valence-corrected chi connectivity index (χ1v) is 9.59. The lowest BCUT2D eigenvalue weighted by atomic mass is 9.91. The number of piperidine rings is 1. The van der Waals surface area contributed by atoms with Gasteiger partial charge in [0.2, 0.25) is 10.0 Å². The van der Waals surface area contributed by atoms with Gasteiger partial charge in [0.1, 0.15) is 5.82 Å². The number of benzene rings is 1. The zero-order valence-corrected chi connectivity index (χ0v) is 14.3. The van der Waals surface area contributed by atoms with E-state index in [-0.39, 0.29) is 11.9 Å². The molecule has 1 heterocycles. The fourth-order valence-corrected chi connectivity index (χ4v) is 3.88. The fraction of sp³-hybridized carbons (Fsp3) is 0.625. The highest BCUT2D eigenvalue weighted by Gasteiger charge is 2.31. The van der Waals surface area contributed by atoms with Crippen molar-refractivity contribution >= 4 is 10.0 Å². The van der Waals surface area contributed by atoms with Gasteiger partial charge in [-0.25, -0.2) is 17.1 Å². The lowest BCUT2D eigenvalue weighted by Gasteiger charge is -2.37. The van der Waals surface area contributed by atoms with Crippen LogP contribution in [0.2, 0.25) is 0 Å². The zero-order chi connectivity index (χ0) is 16.3. The normalized spacial score (nSPS) is 23.6. The molecule has 0 amide bonds. The predicted octanol–water partition coefficient (Wildman–Crippen LogP) is 2.28. The minimum Gasteiger partial charge on any atom is -0.310 e. The minimum atomic E-state index is -3.11. The van der Waals surface area contributed by atoms with E-state index in [0.717, 1.165) is 18.4 Å². The van der Waals surface area contributed by atoms with Crippen molar-refractivity contribution in [3.8, 4) is 0 Å². The number of rotatable bonds is 5. The summed E-state index contributed by atoms with van der Waals surface area (Å²) in [5, 5.41) is 3.47. The summed E-state index contributed by atoms with van der Waals surface area (Å²) in [7, 11) is -3.11. The lowest BCUT2D eigenvalue weighted by molar-refractivity contribution is 0.201. The third-order valence-electron chi connectivity index (χ3n) is 4.49. The number of hydrogen-bond acceptors (Lipinski definition) is 3. The molecule has 124 valence electrons. The highest BCUT2D eigenvalue weighted by atomic mass is 32.2. The molecule has 0 aliphatic carbocycles. The Kier molecular flexibility index (Phi) is 5.58. The third-order valence-corrected chi connectivity index (χ3v) is 5.76. The Balaban J connectivity index is 1.96. The van der Waals surface area contributed by atoms with Gasteiger partial charge in [-0.05, 0) is 36.5 Å². The molecule has 1 fully saturated rings. The summed E-state index contributed by atoms with van der Waals surface area (Å²) in [5.74, 6) is 0.108. The maximum absolute atomic E-state index is 13.6. The SMILES string of the molecule is CCC1CN(S(C)(=O)=O)CCC1NCc1ccc(C)c(F)c1. The van der Waals surface area contributed by atoms with Crippen molar-refractivity contribution in [3.05, 3.63) is 35.1 Å². The summed E-state index contributed by atoms with van der Waals surface area (Å²) in [5.41, 5.74) is 1.57. The van der Waals surface area contributed by atoms with Crippen LogP contribution >= 0.6 is 0 Å². The molecule has 0 radical (unpaired) electrons. The van der Waals surface area contributed by atoms with Crippen molar-refractivity contribution in [2.45, 2.75) is 39.3 Å². The van der Waals surface area contributed by atoms with Gasteiger partial charge in [0, 0.05) is 25.7 Å². The number of aryl methyl sites for hydroxylation is 1. The first-order valence-electron chi connectivity index (χ1n) is 7.74. The second-order valence-corrected chi connectivity index (χ2v) is 8.13. The number of hydrogen-bond donors (Lipinski definition) is 1. The molecule has 2 unspecified atom stereocenters. The van der Waals surface area contributed by atoms with Crippen molar-refractivity contribution in [2.24, 2.45) is 5.92 Å². The van der Waals surface area contributed by atoms with E-state index in [1.54, 1.807) is 23.4 Å². The van der Waals surface area contributed by atoms with Gasteiger partial charge in [0.25, 0.3) is 0 Å². The van der Waals surface area contributed by atoms with Crippen LogP contribution < -0.4 is 5.32 Å². The van der Waals surface area contributed by atoms with Crippen LogP contribution in [0.15, 0.2) is 18.2 Å². The highest BCUT2D eigenvalue weighted by molar-refractivity contribution is 7.88. The molecule has 2 atom stereocenters. The van der Waals surface area contributed by atoms with Gasteiger partial charge < -0.3 is 5.32 Å². The summed E-state index contributed by atoms with van der Waals surface area (Å²) in [6.07, 6.45) is 2.98. The van der Waals surface area contributed by atoms with Gasteiger partial charge in [-0.15, -0.1) is 0 Å². The second kappa shape index (κ2) is 7.06. The van der Waals surface area contributed by atoms with E-state index < -0.39 is 10.0 Å². The zero-order valence-electron chi connectivity index (χ0n) is 13.5. The topological polar surface area (TPSA) is 49.4 Å². The highest BCUT2D eigenvalue weighted by Crippen LogP contribution is 2.22. The summed E-state index contributed by atoms with van der Waals surface area (Å²) in [6, 6.07) is 5.55. The van der Waals surface area contributed by atoms with Crippen molar-refractivity contribution < 1.29 is 12.8 Å². The van der Waals surface area contributed by atoms with Gasteiger partial charge >= 0.3 is 0 Å². The minimum absolute atomic E-state index is 0.182. The summed E-state index contributed by atoms with van der Waals surface area (Å²) in [4.78, 5) is 0. The largest absolute Gasteiger partial charge is 0.310 e. The van der Waals surface area contributed by atoms with Crippen LogP contribution in [-0.2, 0) is 16.6 Å². The molecule has 6 heteroatoms. The Morgan fingerprint density at radius 3 is 2.73 bits per heavy atom. The van der Waals surface area contributed by atoms with Crippen LogP contribution in [0.1, 0.15) is 30.9 Å². The molecule has 1 aliphatic rings. The molecule has 0 bridgehead atoms. The van der Waals surface area contributed by atoms with Gasteiger partial charge in [0.05, 0.1) is 6.26 Å². The number of sulfonamides is 1. The average molecular weight is 328 g/mol. The molecular weight excluding hydrogens is 303 g/mol. The fourth-order valence-electron chi connectivity index (χ4n) is 2.98. The number of nitrogens with one attached hydrogen (secondary N) is 1. The Hall–Kier alpha value is -0.980. The molecule has 4 nitrogen and oxygen atoms in total. The predicted molar refractivity (Wildman–Crippen MR) is 86.6 cm³/mol. The molecule has 22 heavy (non-hydrogen) atoms. The van der Waals surface area contributed by atoms with E-state index in [1.165, 1.54) is 6.26 Å². The van der Waals surface area contributed by atoms with Crippen LogP contribution in [0.4, 0.5) is 4.39 Å². The first-order chi connectivity index (χ1) is 10.3. The summed E-state index contributed by atoms with van der Waals surface area (Å²) >= 11 is 0. The first kappa shape index (κ1) is 17.4. The molecule has 1 aromatic rings. The molecule has 0 saturated carbocycles. The molecule has 1 N–H and O–H groups in total. The van der Waals surface area contributed by atoms with E-state index in [0.29, 0.717) is 31.1 Å². The molecule has 1 aromatic carbocycles. The van der Waals surface area contributed by atoms with Crippen molar-refractivity contribution in [1.29, 1.82) is 0 Å². The molecule has 0 spiro atoms. The quantitative estimate of drug-likeness (QED) is 0.902. The molecular formula is C16H25FN2O2S. The second-order valence-electron chi connectivity index (χ2n) is 6.15. The standard InChI is InChI=1S/C16H25FN2O2S/c1-4-14-11-19(22(3,20)21)8-7-16(14)18-10-13-6-5-12(2)15(17)9-13/h5-6,9,14,16,18H,4,7-8,10-11H2,1-3H3. The molecule has 1 saturated heterocycles. The molecule has 0 aromatic heterocycles. The van der Waals surface area contributed by atoms with Crippen molar-refractivity contribution in [1.82, 2.24) is 9.62 Å². The Labute approximate surface area is 132 Å². The summed E-state index contributed by atoms with van der Waals surface area (Å²) < 4.78 is 38.5. The van der Waals surface area contributed by atoms with Crippen LogP contribution in [0, 0.1) is 18.7 Å². The Bertz CT molecular complexity index is 619. The maximum Gasteiger partial charge on any atom is 0.211 e. The monoisotopic (exact) mass is 328 g/mol. The third kappa shape index (κ3) is 4.27.